The van der Waals surface area contributed by atoms with Crippen LogP contribution in [0, 0.1) is 5.92 Å². The lowest BCUT2D eigenvalue weighted by Crippen LogP contribution is -2.49. The summed E-state index contributed by atoms with van der Waals surface area (Å²) in [6.07, 6.45) is 2.92. The maximum atomic E-state index is 11.7. The Bertz CT molecular complexity index is 214. The van der Waals surface area contributed by atoms with E-state index in [1.165, 1.54) is 7.11 Å². The number of carbonyl (C=O) groups is 1. The normalized spacial score (nSPS) is 21.4. The Kier molecular flexibility index (Phi) is 5.77. The van der Waals surface area contributed by atoms with Crippen molar-refractivity contribution in [3.05, 3.63) is 0 Å². The van der Waals surface area contributed by atoms with Gasteiger partial charge in [0.1, 0.15) is 6.04 Å². The molecule has 2 unspecified atom stereocenters. The summed E-state index contributed by atoms with van der Waals surface area (Å²) in [7, 11) is 1.45. The minimum Gasteiger partial charge on any atom is -0.468 e. The first-order valence-electron chi connectivity index (χ1n) is 6.10. The molecule has 1 N–H and O–H groups in total. The molecular weight excluding hydrogens is 206 g/mol. The van der Waals surface area contributed by atoms with Crippen LogP contribution in [0.15, 0.2) is 0 Å². The van der Waals surface area contributed by atoms with Crippen molar-refractivity contribution in [1.29, 1.82) is 0 Å². The summed E-state index contributed by atoms with van der Waals surface area (Å²) in [4.78, 5) is 11.7. The van der Waals surface area contributed by atoms with E-state index in [2.05, 4.69) is 19.2 Å². The SMILES string of the molecule is CCC(C)C(NC1CCOCC1)C(=O)OC. The van der Waals surface area contributed by atoms with Crippen molar-refractivity contribution in [1.82, 2.24) is 5.32 Å². The van der Waals surface area contributed by atoms with Gasteiger partial charge in [0.15, 0.2) is 0 Å². The average molecular weight is 229 g/mol. The van der Waals surface area contributed by atoms with Crippen molar-refractivity contribution >= 4 is 5.97 Å². The minimum atomic E-state index is -0.182. The van der Waals surface area contributed by atoms with Crippen LogP contribution >= 0.6 is 0 Å². The molecule has 0 radical (unpaired) electrons. The summed E-state index contributed by atoms with van der Waals surface area (Å²) < 4.78 is 10.1. The highest BCUT2D eigenvalue weighted by Crippen LogP contribution is 2.14. The lowest BCUT2D eigenvalue weighted by molar-refractivity contribution is -0.145. The van der Waals surface area contributed by atoms with Crippen LogP contribution in [0.3, 0.4) is 0 Å². The van der Waals surface area contributed by atoms with Gasteiger partial charge in [0.05, 0.1) is 7.11 Å². The first-order valence-corrected chi connectivity index (χ1v) is 6.10. The zero-order valence-corrected chi connectivity index (χ0v) is 10.5. The van der Waals surface area contributed by atoms with Gasteiger partial charge >= 0.3 is 5.97 Å². The lowest BCUT2D eigenvalue weighted by atomic mass is 9.97. The number of methoxy groups -OCH3 is 1. The molecule has 1 fully saturated rings. The van der Waals surface area contributed by atoms with Crippen molar-refractivity contribution in [3.8, 4) is 0 Å². The fourth-order valence-electron chi connectivity index (χ4n) is 1.95. The number of nitrogens with one attached hydrogen (secondary N) is 1. The first-order chi connectivity index (χ1) is 7.69. The molecule has 2 atom stereocenters. The zero-order valence-electron chi connectivity index (χ0n) is 10.5. The van der Waals surface area contributed by atoms with Crippen LogP contribution < -0.4 is 5.32 Å². The molecule has 0 bridgehead atoms. The van der Waals surface area contributed by atoms with Gasteiger partial charge in [-0.2, -0.15) is 0 Å². The monoisotopic (exact) mass is 229 g/mol. The van der Waals surface area contributed by atoms with Gasteiger partial charge in [-0.05, 0) is 18.8 Å². The highest BCUT2D eigenvalue weighted by molar-refractivity contribution is 5.76. The Morgan fingerprint density at radius 3 is 2.62 bits per heavy atom. The second-order valence-corrected chi connectivity index (χ2v) is 4.44. The number of esters is 1. The fraction of sp³-hybridized carbons (Fsp3) is 0.917. The van der Waals surface area contributed by atoms with E-state index in [-0.39, 0.29) is 12.0 Å². The number of ether oxygens (including phenoxy) is 2. The Morgan fingerprint density at radius 1 is 1.50 bits per heavy atom. The molecule has 0 aromatic heterocycles. The third-order valence-electron chi connectivity index (χ3n) is 3.30. The topological polar surface area (TPSA) is 47.6 Å². The van der Waals surface area contributed by atoms with Crippen LogP contribution in [0.1, 0.15) is 33.1 Å². The van der Waals surface area contributed by atoms with Gasteiger partial charge in [-0.3, -0.25) is 4.79 Å². The van der Waals surface area contributed by atoms with Gasteiger partial charge in [0, 0.05) is 19.3 Å². The molecule has 0 aliphatic carbocycles. The van der Waals surface area contributed by atoms with E-state index in [9.17, 15) is 4.79 Å². The smallest absolute Gasteiger partial charge is 0.323 e. The molecule has 0 amide bonds. The molecule has 0 saturated carbocycles. The van der Waals surface area contributed by atoms with Crippen molar-refractivity contribution in [2.45, 2.75) is 45.2 Å². The van der Waals surface area contributed by atoms with Gasteiger partial charge in [0.2, 0.25) is 0 Å². The summed E-state index contributed by atoms with van der Waals surface area (Å²) >= 11 is 0. The zero-order chi connectivity index (χ0) is 12.0. The van der Waals surface area contributed by atoms with E-state index in [1.807, 2.05) is 0 Å². The maximum absolute atomic E-state index is 11.7. The highest BCUT2D eigenvalue weighted by atomic mass is 16.5. The standard InChI is InChI=1S/C12H23NO3/c1-4-9(2)11(12(14)15-3)13-10-5-7-16-8-6-10/h9-11,13H,4-8H2,1-3H3. The van der Waals surface area contributed by atoms with Crippen molar-refractivity contribution < 1.29 is 14.3 Å². The van der Waals surface area contributed by atoms with E-state index in [4.69, 9.17) is 9.47 Å². The van der Waals surface area contributed by atoms with E-state index in [0.717, 1.165) is 32.5 Å². The molecule has 16 heavy (non-hydrogen) atoms. The van der Waals surface area contributed by atoms with Crippen LogP contribution in [0.2, 0.25) is 0 Å². The van der Waals surface area contributed by atoms with Gasteiger partial charge < -0.3 is 14.8 Å². The summed E-state index contributed by atoms with van der Waals surface area (Å²) in [6, 6.07) is 0.199. The molecule has 94 valence electrons. The number of hydrogen-bond donors (Lipinski definition) is 1. The van der Waals surface area contributed by atoms with Crippen LogP contribution in [0.4, 0.5) is 0 Å². The van der Waals surface area contributed by atoms with E-state index in [0.29, 0.717) is 12.0 Å². The number of rotatable bonds is 5. The Hall–Kier alpha value is -0.610. The quantitative estimate of drug-likeness (QED) is 0.723. The predicted octanol–water partition coefficient (Wildman–Crippen LogP) is 1.34. The Labute approximate surface area is 97.7 Å². The van der Waals surface area contributed by atoms with E-state index in [1.54, 1.807) is 0 Å². The van der Waals surface area contributed by atoms with Crippen LogP contribution in [-0.2, 0) is 14.3 Å². The molecule has 1 heterocycles. The van der Waals surface area contributed by atoms with Crippen molar-refractivity contribution in [2.24, 2.45) is 5.92 Å². The van der Waals surface area contributed by atoms with E-state index < -0.39 is 0 Å². The van der Waals surface area contributed by atoms with Gasteiger partial charge in [-0.15, -0.1) is 0 Å². The first kappa shape index (κ1) is 13.5. The second kappa shape index (κ2) is 6.86. The molecule has 1 rings (SSSR count). The molecule has 0 aromatic carbocycles. The number of hydrogen-bond acceptors (Lipinski definition) is 4. The number of carbonyl (C=O) groups excluding carboxylic acids is 1. The average Bonchev–Trinajstić information content (AvgIpc) is 2.35. The van der Waals surface area contributed by atoms with Crippen molar-refractivity contribution in [2.75, 3.05) is 20.3 Å². The molecule has 0 spiro atoms. The molecule has 4 nitrogen and oxygen atoms in total. The van der Waals surface area contributed by atoms with Gasteiger partial charge in [-0.1, -0.05) is 20.3 Å². The highest BCUT2D eigenvalue weighted by Gasteiger charge is 2.28. The second-order valence-electron chi connectivity index (χ2n) is 4.44. The predicted molar refractivity (Wildman–Crippen MR) is 62.2 cm³/mol. The third-order valence-corrected chi connectivity index (χ3v) is 3.30. The maximum Gasteiger partial charge on any atom is 0.323 e. The van der Waals surface area contributed by atoms with Crippen LogP contribution in [-0.4, -0.2) is 38.4 Å². The van der Waals surface area contributed by atoms with Gasteiger partial charge in [0.25, 0.3) is 0 Å². The molecule has 1 saturated heterocycles. The van der Waals surface area contributed by atoms with Crippen molar-refractivity contribution in [3.63, 3.8) is 0 Å². The molecule has 0 aromatic rings. The van der Waals surface area contributed by atoms with E-state index >= 15 is 0 Å². The fourth-order valence-corrected chi connectivity index (χ4v) is 1.95. The van der Waals surface area contributed by atoms with Crippen LogP contribution in [0.5, 0.6) is 0 Å². The summed E-state index contributed by atoms with van der Waals surface area (Å²) in [5.41, 5.74) is 0. The van der Waals surface area contributed by atoms with Crippen LogP contribution in [0.25, 0.3) is 0 Å². The molecular formula is C12H23NO3. The Morgan fingerprint density at radius 2 is 2.12 bits per heavy atom. The lowest BCUT2D eigenvalue weighted by Gasteiger charge is -2.30. The minimum absolute atomic E-state index is 0.152. The summed E-state index contributed by atoms with van der Waals surface area (Å²) in [5, 5.41) is 3.40. The molecule has 4 heteroatoms. The van der Waals surface area contributed by atoms with Gasteiger partial charge in [-0.25, -0.2) is 0 Å². The largest absolute Gasteiger partial charge is 0.468 e. The summed E-state index contributed by atoms with van der Waals surface area (Å²) in [6.45, 7) is 5.73. The Balaban J connectivity index is 2.51. The molecule has 1 aliphatic rings. The third kappa shape index (κ3) is 3.76. The molecule has 1 aliphatic heterocycles. The summed E-state index contributed by atoms with van der Waals surface area (Å²) in [5.74, 6) is 0.149.